The van der Waals surface area contributed by atoms with Crippen LogP contribution in [-0.2, 0) is 0 Å². The SMILES string of the molecule is c1ccc(-c2c3ccccc3c(N(c3ccccc3)c3cnc4cc5cccnc5cc4c3)c3ncccc23)cc1. The van der Waals surface area contributed by atoms with Crippen molar-refractivity contribution in [3.8, 4) is 11.1 Å². The molecule has 4 nitrogen and oxygen atoms in total. The molecule has 0 saturated carbocycles. The standard InChI is InChI=1S/C37H24N4/c1-3-11-25(12-4-1)35-30-16-7-8-17-31(30)37(36-32(35)18-10-20-39-36)41(28-14-5-2-6-15-28)29-21-27-23-33-26(13-9-19-38-33)22-34(27)40-24-29/h1-24H. The van der Waals surface area contributed by atoms with E-state index in [4.69, 9.17) is 9.97 Å². The quantitative estimate of drug-likeness (QED) is 0.215. The van der Waals surface area contributed by atoms with Crippen molar-refractivity contribution in [2.45, 2.75) is 0 Å². The van der Waals surface area contributed by atoms with Crippen molar-refractivity contribution in [2.24, 2.45) is 0 Å². The fraction of sp³-hybridized carbons (Fsp3) is 0. The lowest BCUT2D eigenvalue weighted by molar-refractivity contribution is 1.26. The Morgan fingerprint density at radius 3 is 1.98 bits per heavy atom. The molecule has 3 aromatic heterocycles. The van der Waals surface area contributed by atoms with Crippen LogP contribution in [0.3, 0.4) is 0 Å². The predicted molar refractivity (Wildman–Crippen MR) is 170 cm³/mol. The van der Waals surface area contributed by atoms with E-state index in [1.807, 2.05) is 36.8 Å². The highest BCUT2D eigenvalue weighted by Crippen LogP contribution is 2.47. The minimum absolute atomic E-state index is 0.939. The summed E-state index contributed by atoms with van der Waals surface area (Å²) in [6.45, 7) is 0. The number of benzene rings is 5. The molecule has 0 unspecified atom stereocenters. The Bertz CT molecular complexity index is 2150. The van der Waals surface area contributed by atoms with Crippen molar-refractivity contribution in [1.29, 1.82) is 0 Å². The molecule has 0 atom stereocenters. The van der Waals surface area contributed by atoms with Gasteiger partial charge in [0.1, 0.15) is 0 Å². The van der Waals surface area contributed by atoms with E-state index in [0.29, 0.717) is 0 Å². The molecule has 8 aromatic rings. The van der Waals surface area contributed by atoms with Crippen molar-refractivity contribution in [3.05, 3.63) is 146 Å². The summed E-state index contributed by atoms with van der Waals surface area (Å²) in [6, 6.07) is 44.4. The molecule has 3 heterocycles. The second kappa shape index (κ2) is 9.54. The Morgan fingerprint density at radius 2 is 1.12 bits per heavy atom. The Hall–Kier alpha value is -5.61. The van der Waals surface area contributed by atoms with E-state index in [1.54, 1.807) is 0 Å². The van der Waals surface area contributed by atoms with Gasteiger partial charge in [-0.1, -0.05) is 84.9 Å². The van der Waals surface area contributed by atoms with Gasteiger partial charge in [0.25, 0.3) is 0 Å². The summed E-state index contributed by atoms with van der Waals surface area (Å²) in [5.41, 5.74) is 8.23. The molecule has 41 heavy (non-hydrogen) atoms. The summed E-state index contributed by atoms with van der Waals surface area (Å²) in [5, 5.41) is 5.54. The highest BCUT2D eigenvalue weighted by molar-refractivity contribution is 6.21. The lowest BCUT2D eigenvalue weighted by Gasteiger charge is -2.28. The van der Waals surface area contributed by atoms with Gasteiger partial charge in [-0.05, 0) is 59.0 Å². The zero-order valence-electron chi connectivity index (χ0n) is 22.1. The van der Waals surface area contributed by atoms with Crippen molar-refractivity contribution in [3.63, 3.8) is 0 Å². The Kier molecular flexibility index (Phi) is 5.42. The van der Waals surface area contributed by atoms with Gasteiger partial charge in [0.05, 0.1) is 34.1 Å². The summed E-state index contributed by atoms with van der Waals surface area (Å²) < 4.78 is 0. The minimum atomic E-state index is 0.939. The number of rotatable bonds is 4. The van der Waals surface area contributed by atoms with Crippen molar-refractivity contribution < 1.29 is 0 Å². The van der Waals surface area contributed by atoms with Gasteiger partial charge in [-0.3, -0.25) is 15.0 Å². The van der Waals surface area contributed by atoms with Gasteiger partial charge in [0, 0.05) is 39.6 Å². The number of hydrogen-bond donors (Lipinski definition) is 0. The second-order valence-electron chi connectivity index (χ2n) is 10.1. The third kappa shape index (κ3) is 3.88. The van der Waals surface area contributed by atoms with Crippen molar-refractivity contribution >= 4 is 60.5 Å². The molecule has 0 bridgehead atoms. The second-order valence-corrected chi connectivity index (χ2v) is 10.1. The molecule has 0 aliphatic carbocycles. The number of anilines is 3. The zero-order valence-corrected chi connectivity index (χ0v) is 22.1. The van der Waals surface area contributed by atoms with E-state index < -0.39 is 0 Å². The molecule has 0 fully saturated rings. The van der Waals surface area contributed by atoms with E-state index in [9.17, 15) is 0 Å². The first-order valence-corrected chi connectivity index (χ1v) is 13.7. The lowest BCUT2D eigenvalue weighted by Crippen LogP contribution is -2.12. The molecule has 192 valence electrons. The topological polar surface area (TPSA) is 41.9 Å². The summed E-state index contributed by atoms with van der Waals surface area (Å²) >= 11 is 0. The fourth-order valence-corrected chi connectivity index (χ4v) is 5.91. The van der Waals surface area contributed by atoms with Gasteiger partial charge in [0.2, 0.25) is 0 Å². The van der Waals surface area contributed by atoms with Gasteiger partial charge in [-0.25, -0.2) is 0 Å². The van der Waals surface area contributed by atoms with Gasteiger partial charge in [-0.15, -0.1) is 0 Å². The molecule has 4 heteroatoms. The summed E-state index contributed by atoms with van der Waals surface area (Å²) in [6.07, 6.45) is 5.68. The van der Waals surface area contributed by atoms with Crippen LogP contribution in [0.25, 0.3) is 54.6 Å². The largest absolute Gasteiger partial charge is 0.306 e. The van der Waals surface area contributed by atoms with Crippen LogP contribution in [-0.4, -0.2) is 15.0 Å². The monoisotopic (exact) mass is 524 g/mol. The van der Waals surface area contributed by atoms with E-state index in [0.717, 1.165) is 55.2 Å². The van der Waals surface area contributed by atoms with E-state index in [-0.39, 0.29) is 0 Å². The average Bonchev–Trinajstić information content (AvgIpc) is 3.04. The number of fused-ring (bicyclic) bond motifs is 4. The predicted octanol–water partition coefficient (Wildman–Crippen LogP) is 9.62. The molecule has 0 spiro atoms. The maximum atomic E-state index is 5.02. The summed E-state index contributed by atoms with van der Waals surface area (Å²) in [4.78, 5) is 16.8. The first kappa shape index (κ1) is 23.3. The van der Waals surface area contributed by atoms with E-state index in [1.165, 1.54) is 16.5 Å². The highest BCUT2D eigenvalue weighted by atomic mass is 15.2. The van der Waals surface area contributed by atoms with Crippen LogP contribution < -0.4 is 4.90 Å². The third-order valence-electron chi connectivity index (χ3n) is 7.70. The average molecular weight is 525 g/mol. The van der Waals surface area contributed by atoms with Crippen LogP contribution >= 0.6 is 0 Å². The third-order valence-corrected chi connectivity index (χ3v) is 7.70. The first-order chi connectivity index (χ1) is 20.3. The van der Waals surface area contributed by atoms with Crippen LogP contribution in [0.5, 0.6) is 0 Å². The van der Waals surface area contributed by atoms with Crippen LogP contribution in [0.2, 0.25) is 0 Å². The molecule has 0 radical (unpaired) electrons. The summed E-state index contributed by atoms with van der Waals surface area (Å²) in [7, 11) is 0. The molecule has 5 aromatic carbocycles. The van der Waals surface area contributed by atoms with Crippen LogP contribution in [0.4, 0.5) is 17.1 Å². The van der Waals surface area contributed by atoms with Crippen LogP contribution in [0.1, 0.15) is 0 Å². The number of para-hydroxylation sites is 1. The molecule has 0 aliphatic heterocycles. The Balaban J connectivity index is 1.47. The Labute approximate surface area is 237 Å². The number of hydrogen-bond acceptors (Lipinski definition) is 4. The lowest BCUT2D eigenvalue weighted by atomic mass is 9.92. The Morgan fingerprint density at radius 1 is 0.463 bits per heavy atom. The highest BCUT2D eigenvalue weighted by Gasteiger charge is 2.23. The summed E-state index contributed by atoms with van der Waals surface area (Å²) in [5.74, 6) is 0. The molecular formula is C37H24N4. The minimum Gasteiger partial charge on any atom is -0.306 e. The van der Waals surface area contributed by atoms with Gasteiger partial charge >= 0.3 is 0 Å². The molecular weight excluding hydrogens is 500 g/mol. The maximum absolute atomic E-state index is 5.02. The van der Waals surface area contributed by atoms with Crippen molar-refractivity contribution in [2.75, 3.05) is 4.90 Å². The molecule has 0 amide bonds. The molecule has 8 rings (SSSR count). The molecule has 0 saturated heterocycles. The van der Waals surface area contributed by atoms with Crippen LogP contribution in [0.15, 0.2) is 146 Å². The van der Waals surface area contributed by atoms with Gasteiger partial charge in [0.15, 0.2) is 0 Å². The number of nitrogens with zero attached hydrogens (tertiary/aromatic N) is 4. The maximum Gasteiger partial charge on any atom is 0.0955 e. The van der Waals surface area contributed by atoms with Gasteiger partial charge < -0.3 is 4.90 Å². The fourth-order valence-electron chi connectivity index (χ4n) is 5.91. The molecule has 0 aliphatic rings. The normalized spacial score (nSPS) is 11.4. The zero-order chi connectivity index (χ0) is 27.2. The van der Waals surface area contributed by atoms with E-state index >= 15 is 0 Å². The van der Waals surface area contributed by atoms with Crippen molar-refractivity contribution in [1.82, 2.24) is 15.0 Å². The van der Waals surface area contributed by atoms with Crippen LogP contribution in [0, 0.1) is 0 Å². The van der Waals surface area contributed by atoms with E-state index in [2.05, 4.69) is 119 Å². The first-order valence-electron chi connectivity index (χ1n) is 13.7. The van der Waals surface area contributed by atoms with Gasteiger partial charge in [-0.2, -0.15) is 0 Å². The number of pyridine rings is 3. The molecule has 0 N–H and O–H groups in total. The number of aromatic nitrogens is 3. The smallest absolute Gasteiger partial charge is 0.0955 e.